The fraction of sp³-hybridized carbons (Fsp3) is 0.250. The molecule has 1 heterocycles. The Bertz CT molecular complexity index is 965. The number of imide groups is 1. The molecule has 2 aromatic carbocycles. The average molecular weight is 366 g/mol. The summed E-state index contributed by atoms with van der Waals surface area (Å²) in [4.78, 5) is 49.2. The number of nitro benzene ring substituents is 1. The zero-order valence-electron chi connectivity index (χ0n) is 15.0. The predicted octanol–water partition coefficient (Wildman–Crippen LogP) is 3.47. The van der Waals surface area contributed by atoms with Crippen molar-refractivity contribution in [3.63, 3.8) is 0 Å². The second-order valence-electron chi connectivity index (χ2n) is 6.84. The number of nitrogens with zero attached hydrogens (tertiary/aromatic N) is 2. The lowest BCUT2D eigenvalue weighted by Gasteiger charge is -2.14. The van der Waals surface area contributed by atoms with E-state index in [1.807, 2.05) is 13.8 Å². The van der Waals surface area contributed by atoms with E-state index >= 15 is 0 Å². The normalized spacial score (nSPS) is 13.2. The van der Waals surface area contributed by atoms with Gasteiger partial charge in [-0.25, -0.2) is 0 Å². The highest BCUT2D eigenvalue weighted by Gasteiger charge is 2.35. The van der Waals surface area contributed by atoms with Crippen molar-refractivity contribution in [3.8, 4) is 0 Å². The third kappa shape index (κ3) is 3.48. The highest BCUT2D eigenvalue weighted by molar-refractivity contribution is 6.22. The number of carbonyl (C=O) groups is 3. The van der Waals surface area contributed by atoms with E-state index in [4.69, 9.17) is 0 Å². The van der Waals surface area contributed by atoms with E-state index in [-0.39, 0.29) is 33.8 Å². The molecule has 0 bridgehead atoms. The smallest absolute Gasteiger partial charge is 0.270 e. The van der Waals surface area contributed by atoms with Crippen LogP contribution in [0.3, 0.4) is 0 Å². The van der Waals surface area contributed by atoms with Crippen molar-refractivity contribution in [2.45, 2.75) is 20.3 Å². The van der Waals surface area contributed by atoms with Gasteiger partial charge in [-0.15, -0.1) is 0 Å². The van der Waals surface area contributed by atoms with E-state index in [0.717, 1.165) is 0 Å². The van der Waals surface area contributed by atoms with Crippen LogP contribution < -0.4 is 0 Å². The van der Waals surface area contributed by atoms with Gasteiger partial charge in [0, 0.05) is 29.8 Å². The van der Waals surface area contributed by atoms with Gasteiger partial charge < -0.3 is 0 Å². The maximum Gasteiger partial charge on any atom is 0.270 e. The molecule has 0 atom stereocenters. The van der Waals surface area contributed by atoms with Crippen LogP contribution in [0.5, 0.6) is 0 Å². The third-order valence-electron chi connectivity index (χ3n) is 4.48. The van der Waals surface area contributed by atoms with Crippen molar-refractivity contribution in [3.05, 3.63) is 74.8 Å². The molecular formula is C20H18N2O5. The summed E-state index contributed by atoms with van der Waals surface area (Å²) in [6, 6.07) is 9.73. The molecular weight excluding hydrogens is 348 g/mol. The van der Waals surface area contributed by atoms with Crippen molar-refractivity contribution in [2.75, 3.05) is 6.54 Å². The minimum Gasteiger partial charge on any atom is -0.289 e. The molecule has 7 nitrogen and oxygen atoms in total. The first-order valence-electron chi connectivity index (χ1n) is 8.59. The second kappa shape index (κ2) is 7.11. The molecule has 1 aliphatic rings. The monoisotopic (exact) mass is 366 g/mol. The zero-order valence-corrected chi connectivity index (χ0v) is 15.0. The number of amides is 2. The van der Waals surface area contributed by atoms with E-state index in [0.29, 0.717) is 18.9 Å². The molecule has 0 unspecified atom stereocenters. The van der Waals surface area contributed by atoms with Gasteiger partial charge in [0.05, 0.1) is 16.1 Å². The van der Waals surface area contributed by atoms with E-state index in [2.05, 4.69) is 0 Å². The van der Waals surface area contributed by atoms with Gasteiger partial charge in [0.25, 0.3) is 17.5 Å². The molecule has 2 aromatic rings. The summed E-state index contributed by atoms with van der Waals surface area (Å²) >= 11 is 0. The van der Waals surface area contributed by atoms with Gasteiger partial charge in [-0.2, -0.15) is 0 Å². The first-order chi connectivity index (χ1) is 12.8. The van der Waals surface area contributed by atoms with Crippen molar-refractivity contribution >= 4 is 23.3 Å². The summed E-state index contributed by atoms with van der Waals surface area (Å²) < 4.78 is 0. The molecule has 7 heteroatoms. The van der Waals surface area contributed by atoms with Crippen molar-refractivity contribution in [1.29, 1.82) is 0 Å². The van der Waals surface area contributed by atoms with Gasteiger partial charge in [-0.3, -0.25) is 29.4 Å². The first-order valence-corrected chi connectivity index (χ1v) is 8.59. The molecule has 0 aliphatic carbocycles. The number of non-ortho nitro benzene ring substituents is 1. The lowest BCUT2D eigenvalue weighted by molar-refractivity contribution is -0.384. The van der Waals surface area contributed by atoms with Crippen LogP contribution in [-0.2, 0) is 0 Å². The maximum absolute atomic E-state index is 12.7. The Morgan fingerprint density at radius 2 is 1.70 bits per heavy atom. The fourth-order valence-electron chi connectivity index (χ4n) is 2.95. The zero-order chi connectivity index (χ0) is 19.7. The SMILES string of the molecule is CC(C)CCN1C(=O)c2ccc(C(=O)c3cccc([N+](=O)[O-])c3)cc2C1=O. The number of hydrogen-bond acceptors (Lipinski definition) is 5. The topological polar surface area (TPSA) is 97.6 Å². The quantitative estimate of drug-likeness (QED) is 0.337. The van der Waals surface area contributed by atoms with Crippen LogP contribution >= 0.6 is 0 Å². The van der Waals surface area contributed by atoms with Crippen LogP contribution in [-0.4, -0.2) is 34.0 Å². The lowest BCUT2D eigenvalue weighted by Crippen LogP contribution is -2.31. The summed E-state index contributed by atoms with van der Waals surface area (Å²) in [5.41, 5.74) is 0.645. The maximum atomic E-state index is 12.7. The Morgan fingerprint density at radius 1 is 1.04 bits per heavy atom. The molecule has 0 spiro atoms. The molecule has 0 radical (unpaired) electrons. The van der Waals surface area contributed by atoms with Crippen molar-refractivity contribution < 1.29 is 19.3 Å². The highest BCUT2D eigenvalue weighted by Crippen LogP contribution is 2.26. The minimum atomic E-state index is -0.575. The van der Waals surface area contributed by atoms with Gasteiger partial charge in [0.15, 0.2) is 5.78 Å². The highest BCUT2D eigenvalue weighted by atomic mass is 16.6. The third-order valence-corrected chi connectivity index (χ3v) is 4.48. The fourth-order valence-corrected chi connectivity index (χ4v) is 2.95. The Kier molecular flexibility index (Phi) is 4.85. The van der Waals surface area contributed by atoms with Crippen LogP contribution in [0.4, 0.5) is 5.69 Å². The molecule has 0 saturated heterocycles. The first kappa shape index (κ1) is 18.4. The van der Waals surface area contributed by atoms with Gasteiger partial charge >= 0.3 is 0 Å². The Labute approximate surface area is 155 Å². The predicted molar refractivity (Wildman–Crippen MR) is 97.8 cm³/mol. The van der Waals surface area contributed by atoms with Crippen LogP contribution in [0.15, 0.2) is 42.5 Å². The van der Waals surface area contributed by atoms with E-state index in [1.54, 1.807) is 0 Å². The summed E-state index contributed by atoms with van der Waals surface area (Å²) in [7, 11) is 0. The van der Waals surface area contributed by atoms with Crippen LogP contribution in [0.1, 0.15) is 56.9 Å². The Hall–Kier alpha value is -3.35. The molecule has 0 N–H and O–H groups in total. The number of nitro groups is 1. The van der Waals surface area contributed by atoms with Crippen molar-refractivity contribution in [2.24, 2.45) is 5.92 Å². The van der Waals surface area contributed by atoms with E-state index in [1.165, 1.54) is 47.4 Å². The number of hydrogen-bond donors (Lipinski definition) is 0. The Morgan fingerprint density at radius 3 is 2.37 bits per heavy atom. The molecule has 0 fully saturated rings. The van der Waals surface area contributed by atoms with Crippen LogP contribution in [0, 0.1) is 16.0 Å². The summed E-state index contributed by atoms with van der Waals surface area (Å²) in [5.74, 6) is -0.864. The molecule has 3 rings (SSSR count). The molecule has 138 valence electrons. The number of fused-ring (bicyclic) bond motifs is 1. The van der Waals surface area contributed by atoms with Crippen molar-refractivity contribution in [1.82, 2.24) is 4.90 Å². The average Bonchev–Trinajstić information content (AvgIpc) is 2.89. The summed E-state index contributed by atoms with van der Waals surface area (Å²) in [6.45, 7) is 4.35. The largest absolute Gasteiger partial charge is 0.289 e. The molecule has 0 aromatic heterocycles. The lowest BCUT2D eigenvalue weighted by atomic mass is 9.99. The second-order valence-corrected chi connectivity index (χ2v) is 6.84. The van der Waals surface area contributed by atoms with Gasteiger partial charge in [0.1, 0.15) is 0 Å². The number of ketones is 1. The van der Waals surface area contributed by atoms with Gasteiger partial charge in [-0.05, 0) is 24.5 Å². The number of rotatable bonds is 6. The molecule has 1 aliphatic heterocycles. The van der Waals surface area contributed by atoms with E-state index in [9.17, 15) is 24.5 Å². The summed E-state index contributed by atoms with van der Waals surface area (Å²) in [5, 5.41) is 10.9. The Balaban J connectivity index is 1.91. The standard InChI is InChI=1S/C20H18N2O5/c1-12(2)8-9-21-19(24)16-7-6-14(11-17(16)20(21)25)18(23)13-4-3-5-15(10-13)22(26)27/h3-7,10-12H,8-9H2,1-2H3. The van der Waals surface area contributed by atoms with Gasteiger partial charge in [0.2, 0.25) is 0 Å². The van der Waals surface area contributed by atoms with Crippen LogP contribution in [0.25, 0.3) is 0 Å². The summed E-state index contributed by atoms with van der Waals surface area (Å²) in [6.07, 6.45) is 0.699. The van der Waals surface area contributed by atoms with E-state index < -0.39 is 16.6 Å². The van der Waals surface area contributed by atoms with Gasteiger partial charge in [-0.1, -0.05) is 32.0 Å². The minimum absolute atomic E-state index is 0.151. The molecule has 0 saturated carbocycles. The molecule has 27 heavy (non-hydrogen) atoms. The number of benzene rings is 2. The molecule has 2 amide bonds. The van der Waals surface area contributed by atoms with Crippen LogP contribution in [0.2, 0.25) is 0 Å². The number of carbonyl (C=O) groups excluding carboxylic acids is 3.